The van der Waals surface area contributed by atoms with E-state index in [9.17, 15) is 0 Å². The molecule has 0 amide bonds. The van der Waals surface area contributed by atoms with Crippen LogP contribution in [0.4, 0.5) is 0 Å². The Labute approximate surface area is 60.3 Å². The molecule has 1 heterocycles. The first kappa shape index (κ1) is 5.71. The summed E-state index contributed by atoms with van der Waals surface area (Å²) in [6.07, 6.45) is 8.69. The third-order valence-corrected chi connectivity index (χ3v) is 1.89. The van der Waals surface area contributed by atoms with Crippen molar-refractivity contribution in [2.45, 2.75) is 12.8 Å². The molecule has 2 nitrogen and oxygen atoms in total. The zero-order valence-corrected chi connectivity index (χ0v) is 5.85. The second-order valence-corrected chi connectivity index (χ2v) is 2.59. The molecule has 2 N–H and O–H groups in total. The van der Waals surface area contributed by atoms with Gasteiger partial charge in [-0.25, -0.2) is 4.99 Å². The highest BCUT2D eigenvalue weighted by Crippen LogP contribution is 2.14. The molecule has 0 unspecified atom stereocenters. The molecule has 0 atom stereocenters. The fourth-order valence-electron chi connectivity index (χ4n) is 1.33. The van der Waals surface area contributed by atoms with Crippen molar-refractivity contribution in [3.63, 3.8) is 0 Å². The van der Waals surface area contributed by atoms with Crippen molar-refractivity contribution in [3.05, 3.63) is 23.4 Å². The van der Waals surface area contributed by atoms with E-state index in [1.54, 1.807) is 0 Å². The van der Waals surface area contributed by atoms with Gasteiger partial charge >= 0.3 is 0 Å². The number of hydrogen-bond acceptors (Lipinski definition) is 1. The van der Waals surface area contributed by atoms with Gasteiger partial charge in [-0.3, -0.25) is 0 Å². The first-order valence-electron chi connectivity index (χ1n) is 3.64. The smallest absolute Gasteiger partial charge is 0.214 e. The van der Waals surface area contributed by atoms with Crippen LogP contribution in [0.2, 0.25) is 0 Å². The van der Waals surface area contributed by atoms with Crippen LogP contribution in [-0.4, -0.2) is 12.9 Å². The largest absolute Gasteiger partial charge is 0.334 e. The summed E-state index contributed by atoms with van der Waals surface area (Å²) in [6, 6.07) is 0. The third kappa shape index (κ3) is 0.856. The van der Waals surface area contributed by atoms with Crippen molar-refractivity contribution in [3.8, 4) is 0 Å². The molecule has 0 aromatic heterocycles. The summed E-state index contributed by atoms with van der Waals surface area (Å²) >= 11 is 0. The lowest BCUT2D eigenvalue weighted by Crippen LogP contribution is -2.75. The number of hydrogen-bond donors (Lipinski definition) is 2. The van der Waals surface area contributed by atoms with E-state index in [0.29, 0.717) is 0 Å². The van der Waals surface area contributed by atoms with Gasteiger partial charge in [0.05, 0.1) is 0 Å². The van der Waals surface area contributed by atoms with E-state index >= 15 is 0 Å². The van der Waals surface area contributed by atoms with E-state index in [1.807, 2.05) is 0 Å². The molecule has 0 fully saturated rings. The average molecular weight is 135 g/mol. The molecule has 2 rings (SSSR count). The first-order valence-corrected chi connectivity index (χ1v) is 3.64. The van der Waals surface area contributed by atoms with Gasteiger partial charge in [0.2, 0.25) is 6.67 Å². The lowest BCUT2D eigenvalue weighted by Gasteiger charge is -2.14. The topological polar surface area (TPSA) is 26.0 Å². The maximum absolute atomic E-state index is 3.31. The number of allylic oxidation sites excluding steroid dienone is 3. The van der Waals surface area contributed by atoms with Gasteiger partial charge in [0.1, 0.15) is 0 Å². The Bertz CT molecular complexity index is 223. The Balaban J connectivity index is 2.25. The molecular formula is C8H11N2+. The van der Waals surface area contributed by atoms with E-state index in [-0.39, 0.29) is 0 Å². The average Bonchev–Trinajstić information content (AvgIpc) is 2.05. The molecule has 1 aliphatic heterocycles. The summed E-state index contributed by atoms with van der Waals surface area (Å²) < 4.78 is 0. The molecule has 52 valence electrons. The van der Waals surface area contributed by atoms with Gasteiger partial charge in [0, 0.05) is 17.7 Å². The summed E-state index contributed by atoms with van der Waals surface area (Å²) in [5, 5.41) is 3.31. The van der Waals surface area contributed by atoms with Gasteiger partial charge in [-0.05, 0) is 6.42 Å². The first-order chi connectivity index (χ1) is 4.97. The van der Waals surface area contributed by atoms with Crippen molar-refractivity contribution in [2.75, 3.05) is 6.67 Å². The molecule has 2 aliphatic rings. The maximum atomic E-state index is 3.31. The van der Waals surface area contributed by atoms with Gasteiger partial charge in [-0.1, -0.05) is 12.2 Å². The lowest BCUT2D eigenvalue weighted by molar-refractivity contribution is -0.458. The van der Waals surface area contributed by atoms with Crippen LogP contribution in [0.5, 0.6) is 0 Å². The van der Waals surface area contributed by atoms with Gasteiger partial charge in [0.25, 0.3) is 0 Å². The van der Waals surface area contributed by atoms with Crippen molar-refractivity contribution < 1.29 is 4.99 Å². The van der Waals surface area contributed by atoms with E-state index in [1.165, 1.54) is 11.3 Å². The molecule has 0 radical (unpaired) electrons. The summed E-state index contributed by atoms with van der Waals surface area (Å²) in [7, 11) is 0. The monoisotopic (exact) mass is 135 g/mol. The zero-order valence-electron chi connectivity index (χ0n) is 5.85. The maximum Gasteiger partial charge on any atom is 0.214 e. The van der Waals surface area contributed by atoms with Crippen LogP contribution < -0.4 is 10.3 Å². The molecule has 0 spiro atoms. The predicted octanol–water partition coefficient (Wildman–Crippen LogP) is -0.697. The Morgan fingerprint density at radius 1 is 1.30 bits per heavy atom. The molecule has 0 aromatic rings. The minimum absolute atomic E-state index is 0.882. The van der Waals surface area contributed by atoms with E-state index < -0.39 is 0 Å². The predicted molar refractivity (Wildman–Crippen MR) is 40.4 cm³/mol. The van der Waals surface area contributed by atoms with Crippen molar-refractivity contribution >= 4 is 6.21 Å². The second-order valence-electron chi connectivity index (χ2n) is 2.59. The van der Waals surface area contributed by atoms with E-state index in [4.69, 9.17) is 0 Å². The Morgan fingerprint density at radius 2 is 2.20 bits per heavy atom. The quantitative estimate of drug-likeness (QED) is 0.422. The second kappa shape index (κ2) is 2.29. The molecule has 0 bridgehead atoms. The highest BCUT2D eigenvalue weighted by atomic mass is 15.0. The van der Waals surface area contributed by atoms with Crippen molar-refractivity contribution in [1.82, 2.24) is 5.32 Å². The van der Waals surface area contributed by atoms with Crippen molar-refractivity contribution in [1.29, 1.82) is 0 Å². The zero-order chi connectivity index (χ0) is 6.81. The molecule has 10 heavy (non-hydrogen) atoms. The third-order valence-electron chi connectivity index (χ3n) is 1.89. The SMILES string of the molecule is C1=CCC2=C(C=[NH+]CN2)C1. The van der Waals surface area contributed by atoms with Crippen molar-refractivity contribution in [2.24, 2.45) is 0 Å². The van der Waals surface area contributed by atoms with Gasteiger partial charge in [-0.15, -0.1) is 0 Å². The lowest BCUT2D eigenvalue weighted by atomic mass is 10.0. The van der Waals surface area contributed by atoms with Crippen LogP contribution in [-0.2, 0) is 0 Å². The fraction of sp³-hybridized carbons (Fsp3) is 0.375. The molecule has 0 aromatic carbocycles. The molecule has 0 saturated carbocycles. The van der Waals surface area contributed by atoms with Crippen LogP contribution in [0.3, 0.4) is 0 Å². The molecule has 2 heteroatoms. The van der Waals surface area contributed by atoms with Crippen LogP contribution >= 0.6 is 0 Å². The van der Waals surface area contributed by atoms with E-state index in [0.717, 1.165) is 19.5 Å². The summed E-state index contributed by atoms with van der Waals surface area (Å²) in [5.41, 5.74) is 2.80. The Morgan fingerprint density at radius 3 is 3.10 bits per heavy atom. The normalized spacial score (nSPS) is 22.4. The fourth-order valence-corrected chi connectivity index (χ4v) is 1.33. The van der Waals surface area contributed by atoms with Crippen LogP contribution in [0.15, 0.2) is 23.4 Å². The van der Waals surface area contributed by atoms with Gasteiger partial charge < -0.3 is 5.32 Å². The Hall–Kier alpha value is -1.05. The van der Waals surface area contributed by atoms with Crippen LogP contribution in [0.25, 0.3) is 0 Å². The molecular weight excluding hydrogens is 124 g/mol. The minimum Gasteiger partial charge on any atom is -0.334 e. The van der Waals surface area contributed by atoms with Gasteiger partial charge in [0.15, 0.2) is 6.21 Å². The van der Waals surface area contributed by atoms with Crippen LogP contribution in [0.1, 0.15) is 12.8 Å². The minimum atomic E-state index is 0.882. The highest BCUT2D eigenvalue weighted by Gasteiger charge is 2.11. The van der Waals surface area contributed by atoms with E-state index in [2.05, 4.69) is 28.7 Å². The molecule has 0 saturated heterocycles. The number of nitrogens with one attached hydrogen (secondary N) is 2. The number of rotatable bonds is 0. The Kier molecular flexibility index (Phi) is 1.31. The highest BCUT2D eigenvalue weighted by molar-refractivity contribution is 5.76. The van der Waals surface area contributed by atoms with Gasteiger partial charge in [-0.2, -0.15) is 0 Å². The van der Waals surface area contributed by atoms with Crippen LogP contribution in [0, 0.1) is 0 Å². The summed E-state index contributed by atoms with van der Waals surface area (Å²) in [6.45, 7) is 0.882. The summed E-state index contributed by atoms with van der Waals surface area (Å²) in [5.74, 6) is 0. The standard InChI is InChI=1S/C8H10N2/c1-2-4-8-7(3-1)5-9-6-10-8/h1-2,5,10H,3-4,6H2/p+1. The molecule has 1 aliphatic carbocycles. The summed E-state index contributed by atoms with van der Waals surface area (Å²) in [4.78, 5) is 3.16.